The summed E-state index contributed by atoms with van der Waals surface area (Å²) >= 11 is 0. The molecule has 0 radical (unpaired) electrons. The first-order chi connectivity index (χ1) is 9.46. The largest absolute Gasteiger partial charge is 0.405 e. The fourth-order valence-electron chi connectivity index (χ4n) is 1.93. The van der Waals surface area contributed by atoms with E-state index in [9.17, 15) is 18.0 Å². The summed E-state index contributed by atoms with van der Waals surface area (Å²) in [7, 11) is 0. The van der Waals surface area contributed by atoms with E-state index in [1.54, 1.807) is 12.1 Å². The standard InChI is InChI=1S/C13H15F3N2O2/c14-13(15,16)9-17-12(19)10-1-3-11(4-2-10)18-5-7-20-8-6-18/h1-4H,5-9H2,(H,17,19). The van der Waals surface area contributed by atoms with E-state index in [1.165, 1.54) is 12.1 Å². The minimum Gasteiger partial charge on any atom is -0.378 e. The van der Waals surface area contributed by atoms with Gasteiger partial charge in [-0.3, -0.25) is 4.79 Å². The molecule has 1 aliphatic heterocycles. The number of nitrogens with zero attached hydrogens (tertiary/aromatic N) is 1. The second kappa shape index (κ2) is 6.13. The molecule has 1 saturated heterocycles. The van der Waals surface area contributed by atoms with Gasteiger partial charge in [0.15, 0.2) is 0 Å². The highest BCUT2D eigenvalue weighted by molar-refractivity contribution is 5.94. The fourth-order valence-corrected chi connectivity index (χ4v) is 1.93. The number of alkyl halides is 3. The molecule has 0 bridgehead atoms. The Bertz CT molecular complexity index is 454. The van der Waals surface area contributed by atoms with Crippen LogP contribution in [-0.4, -0.2) is 44.9 Å². The van der Waals surface area contributed by atoms with E-state index in [-0.39, 0.29) is 5.56 Å². The zero-order valence-corrected chi connectivity index (χ0v) is 10.7. The van der Waals surface area contributed by atoms with Crippen LogP contribution in [0.15, 0.2) is 24.3 Å². The maximum atomic E-state index is 12.0. The van der Waals surface area contributed by atoms with E-state index in [2.05, 4.69) is 4.90 Å². The van der Waals surface area contributed by atoms with E-state index < -0.39 is 18.6 Å². The molecule has 20 heavy (non-hydrogen) atoms. The average Bonchev–Trinajstić information content (AvgIpc) is 2.45. The lowest BCUT2D eigenvalue weighted by molar-refractivity contribution is -0.123. The Morgan fingerprint density at radius 2 is 1.80 bits per heavy atom. The molecular formula is C13H15F3N2O2. The number of ether oxygens (including phenoxy) is 1. The summed E-state index contributed by atoms with van der Waals surface area (Å²) in [6, 6.07) is 6.51. The Balaban J connectivity index is 1.95. The number of nitrogens with one attached hydrogen (secondary N) is 1. The predicted octanol–water partition coefficient (Wildman–Crippen LogP) is 1.82. The predicted molar refractivity (Wildman–Crippen MR) is 67.9 cm³/mol. The summed E-state index contributed by atoms with van der Waals surface area (Å²) in [6.45, 7) is 1.50. The molecular weight excluding hydrogens is 273 g/mol. The number of amides is 1. The molecule has 1 amide bonds. The third-order valence-corrected chi connectivity index (χ3v) is 2.96. The lowest BCUT2D eigenvalue weighted by Crippen LogP contribution is -2.36. The molecule has 4 nitrogen and oxygen atoms in total. The molecule has 1 fully saturated rings. The van der Waals surface area contributed by atoms with Gasteiger partial charge in [0.1, 0.15) is 6.54 Å². The van der Waals surface area contributed by atoms with Crippen LogP contribution >= 0.6 is 0 Å². The van der Waals surface area contributed by atoms with Crippen molar-refractivity contribution in [2.75, 3.05) is 37.7 Å². The molecule has 1 heterocycles. The minimum absolute atomic E-state index is 0.214. The van der Waals surface area contributed by atoms with Gasteiger partial charge in [-0.2, -0.15) is 13.2 Å². The van der Waals surface area contributed by atoms with Crippen LogP contribution in [0.25, 0.3) is 0 Å². The van der Waals surface area contributed by atoms with E-state index >= 15 is 0 Å². The van der Waals surface area contributed by atoms with Gasteiger partial charge < -0.3 is 15.0 Å². The second-order valence-electron chi connectivity index (χ2n) is 4.44. The summed E-state index contributed by atoms with van der Waals surface area (Å²) in [6.07, 6.45) is -4.40. The first-order valence-corrected chi connectivity index (χ1v) is 6.23. The van der Waals surface area contributed by atoms with Crippen molar-refractivity contribution in [1.82, 2.24) is 5.32 Å². The average molecular weight is 288 g/mol. The number of rotatable bonds is 3. The lowest BCUT2D eigenvalue weighted by atomic mass is 10.1. The van der Waals surface area contributed by atoms with Crippen molar-refractivity contribution in [3.8, 4) is 0 Å². The van der Waals surface area contributed by atoms with Gasteiger partial charge in [0.2, 0.25) is 0 Å². The van der Waals surface area contributed by atoms with Crippen molar-refractivity contribution in [2.45, 2.75) is 6.18 Å². The van der Waals surface area contributed by atoms with Crippen molar-refractivity contribution in [2.24, 2.45) is 0 Å². The number of hydrogen-bond acceptors (Lipinski definition) is 3. The summed E-state index contributed by atoms with van der Waals surface area (Å²) in [5.74, 6) is -0.726. The topological polar surface area (TPSA) is 41.6 Å². The molecule has 2 rings (SSSR count). The number of morpholine rings is 1. The van der Waals surface area contributed by atoms with Gasteiger partial charge in [0.05, 0.1) is 13.2 Å². The van der Waals surface area contributed by atoms with Crippen molar-refractivity contribution < 1.29 is 22.7 Å². The van der Waals surface area contributed by atoms with Crippen LogP contribution in [0.4, 0.5) is 18.9 Å². The van der Waals surface area contributed by atoms with E-state index in [0.29, 0.717) is 13.2 Å². The summed E-state index contributed by atoms with van der Waals surface area (Å²) in [5.41, 5.74) is 1.15. The smallest absolute Gasteiger partial charge is 0.378 e. The zero-order valence-electron chi connectivity index (χ0n) is 10.7. The third-order valence-electron chi connectivity index (χ3n) is 2.96. The van der Waals surface area contributed by atoms with Gasteiger partial charge in [-0.25, -0.2) is 0 Å². The highest BCUT2D eigenvalue weighted by atomic mass is 19.4. The molecule has 1 N–H and O–H groups in total. The molecule has 7 heteroatoms. The van der Waals surface area contributed by atoms with E-state index in [4.69, 9.17) is 4.74 Å². The van der Waals surface area contributed by atoms with Crippen LogP contribution < -0.4 is 10.2 Å². The second-order valence-corrected chi connectivity index (χ2v) is 4.44. The highest BCUT2D eigenvalue weighted by Gasteiger charge is 2.27. The first-order valence-electron chi connectivity index (χ1n) is 6.23. The van der Waals surface area contributed by atoms with Crippen molar-refractivity contribution >= 4 is 11.6 Å². The van der Waals surface area contributed by atoms with Gasteiger partial charge in [-0.1, -0.05) is 0 Å². The highest BCUT2D eigenvalue weighted by Crippen LogP contribution is 2.17. The first kappa shape index (κ1) is 14.6. The molecule has 1 aromatic rings. The Labute approximate surface area is 114 Å². The molecule has 0 aromatic heterocycles. The maximum absolute atomic E-state index is 12.0. The minimum atomic E-state index is -4.40. The molecule has 1 aromatic carbocycles. The zero-order chi connectivity index (χ0) is 14.6. The Kier molecular flexibility index (Phi) is 4.49. The molecule has 0 spiro atoms. The van der Waals surface area contributed by atoms with Gasteiger partial charge in [-0.15, -0.1) is 0 Å². The van der Waals surface area contributed by atoms with Gasteiger partial charge >= 0.3 is 6.18 Å². The van der Waals surface area contributed by atoms with Crippen LogP contribution in [0.2, 0.25) is 0 Å². The molecule has 1 aliphatic rings. The normalized spacial score (nSPS) is 16.1. The number of anilines is 1. The molecule has 0 aliphatic carbocycles. The molecule has 0 atom stereocenters. The van der Waals surface area contributed by atoms with Crippen LogP contribution in [0.3, 0.4) is 0 Å². The maximum Gasteiger partial charge on any atom is 0.405 e. The van der Waals surface area contributed by atoms with Crippen LogP contribution in [-0.2, 0) is 4.74 Å². The Hall–Kier alpha value is -1.76. The monoisotopic (exact) mass is 288 g/mol. The third kappa shape index (κ3) is 4.12. The summed E-state index contributed by atoms with van der Waals surface area (Å²) in [4.78, 5) is 13.6. The number of carbonyl (C=O) groups excluding carboxylic acids is 1. The summed E-state index contributed by atoms with van der Waals surface area (Å²) in [5, 5.41) is 1.84. The van der Waals surface area contributed by atoms with Crippen LogP contribution in [0, 0.1) is 0 Å². The van der Waals surface area contributed by atoms with E-state index in [1.807, 2.05) is 5.32 Å². The van der Waals surface area contributed by atoms with Crippen molar-refractivity contribution in [3.05, 3.63) is 29.8 Å². The van der Waals surface area contributed by atoms with E-state index in [0.717, 1.165) is 18.8 Å². The lowest BCUT2D eigenvalue weighted by Gasteiger charge is -2.28. The molecule has 110 valence electrons. The van der Waals surface area contributed by atoms with Gasteiger partial charge in [-0.05, 0) is 24.3 Å². The Morgan fingerprint density at radius 1 is 1.20 bits per heavy atom. The van der Waals surface area contributed by atoms with Crippen molar-refractivity contribution in [3.63, 3.8) is 0 Å². The Morgan fingerprint density at radius 3 is 2.35 bits per heavy atom. The number of hydrogen-bond donors (Lipinski definition) is 1. The fraction of sp³-hybridized carbons (Fsp3) is 0.462. The van der Waals surface area contributed by atoms with Gasteiger partial charge in [0, 0.05) is 24.3 Å². The SMILES string of the molecule is O=C(NCC(F)(F)F)c1ccc(N2CCOCC2)cc1. The number of carbonyl (C=O) groups is 1. The summed E-state index contributed by atoms with van der Waals surface area (Å²) < 4.78 is 41.3. The van der Waals surface area contributed by atoms with Crippen LogP contribution in [0.5, 0.6) is 0 Å². The number of halogens is 3. The van der Waals surface area contributed by atoms with Gasteiger partial charge in [0.25, 0.3) is 5.91 Å². The van der Waals surface area contributed by atoms with Crippen LogP contribution in [0.1, 0.15) is 10.4 Å². The molecule has 0 saturated carbocycles. The molecule has 0 unspecified atom stereocenters. The quantitative estimate of drug-likeness (QED) is 0.922. The van der Waals surface area contributed by atoms with Crippen molar-refractivity contribution in [1.29, 1.82) is 0 Å². The number of benzene rings is 1.